The van der Waals surface area contributed by atoms with Crippen molar-refractivity contribution in [2.24, 2.45) is 0 Å². The Morgan fingerprint density at radius 2 is 2.22 bits per heavy atom. The number of amides is 1. The van der Waals surface area contributed by atoms with Crippen LogP contribution in [0.3, 0.4) is 0 Å². The maximum absolute atomic E-state index is 10.9. The van der Waals surface area contributed by atoms with Crippen molar-refractivity contribution in [1.29, 1.82) is 0 Å². The van der Waals surface area contributed by atoms with Gasteiger partial charge in [-0.2, -0.15) is 4.98 Å². The highest BCUT2D eigenvalue weighted by Crippen LogP contribution is 2.30. The number of rotatable bonds is 5. The molecule has 23 heavy (non-hydrogen) atoms. The number of carbonyl (C=O) groups is 1. The molecule has 0 atom stereocenters. The molecular weight excluding hydrogens is 338 g/mol. The van der Waals surface area contributed by atoms with E-state index in [1.807, 2.05) is 0 Å². The number of hydrogen-bond donors (Lipinski definition) is 2. The molecule has 0 bridgehead atoms. The van der Waals surface area contributed by atoms with Gasteiger partial charge >= 0.3 is 0 Å². The number of aromatic nitrogens is 4. The van der Waals surface area contributed by atoms with Crippen LogP contribution in [-0.2, 0) is 10.5 Å². The summed E-state index contributed by atoms with van der Waals surface area (Å²) < 4.78 is 5.84. The zero-order valence-corrected chi connectivity index (χ0v) is 13.5. The van der Waals surface area contributed by atoms with E-state index in [1.165, 1.54) is 30.0 Å². The van der Waals surface area contributed by atoms with E-state index in [9.17, 15) is 9.90 Å². The lowest BCUT2D eigenvalue weighted by molar-refractivity contribution is -0.114. The molecule has 1 aromatic carbocycles. The van der Waals surface area contributed by atoms with Gasteiger partial charge in [-0.1, -0.05) is 40.4 Å². The first kappa shape index (κ1) is 15.4. The lowest BCUT2D eigenvalue weighted by Crippen LogP contribution is -2.04. The topological polar surface area (TPSA) is 114 Å². The molecule has 0 fully saturated rings. The minimum absolute atomic E-state index is 0.0828. The second-order valence-electron chi connectivity index (χ2n) is 4.38. The van der Waals surface area contributed by atoms with Gasteiger partial charge in [-0.15, -0.1) is 10.2 Å². The molecule has 0 aliphatic rings. The van der Waals surface area contributed by atoms with Gasteiger partial charge in [0.25, 0.3) is 5.89 Å². The Kier molecular flexibility index (Phi) is 4.53. The van der Waals surface area contributed by atoms with E-state index in [-0.39, 0.29) is 17.5 Å². The number of para-hydroxylation sites is 1. The smallest absolute Gasteiger partial charge is 0.261 e. The van der Waals surface area contributed by atoms with Gasteiger partial charge in [-0.25, -0.2) is 0 Å². The van der Waals surface area contributed by atoms with Crippen LogP contribution in [0.1, 0.15) is 12.7 Å². The maximum Gasteiger partial charge on any atom is 0.261 e. The van der Waals surface area contributed by atoms with Crippen molar-refractivity contribution < 1.29 is 14.4 Å². The summed E-state index contributed by atoms with van der Waals surface area (Å²) in [5.74, 6) is 1.06. The van der Waals surface area contributed by atoms with E-state index in [2.05, 4.69) is 25.7 Å². The number of nitrogens with one attached hydrogen (secondary N) is 1. The van der Waals surface area contributed by atoms with Gasteiger partial charge in [0, 0.05) is 6.92 Å². The van der Waals surface area contributed by atoms with Gasteiger partial charge in [0.15, 0.2) is 10.2 Å². The maximum atomic E-state index is 10.9. The number of hydrogen-bond acceptors (Lipinski definition) is 9. The molecule has 3 aromatic rings. The average molecular weight is 349 g/mol. The van der Waals surface area contributed by atoms with E-state index in [0.29, 0.717) is 26.6 Å². The van der Waals surface area contributed by atoms with Crippen molar-refractivity contribution in [3.05, 3.63) is 30.1 Å². The third-order valence-corrected chi connectivity index (χ3v) is 4.58. The molecule has 118 valence electrons. The van der Waals surface area contributed by atoms with Crippen LogP contribution in [0.4, 0.5) is 5.13 Å². The van der Waals surface area contributed by atoms with Gasteiger partial charge in [0.2, 0.25) is 11.0 Å². The first-order valence-electron chi connectivity index (χ1n) is 6.46. The first-order valence-corrected chi connectivity index (χ1v) is 8.27. The lowest BCUT2D eigenvalue weighted by Gasteiger charge is -1.96. The SMILES string of the molecule is CC(=O)Nc1nnc(SCc2noc(-c3ccccc3O)n2)s1. The normalized spacial score (nSPS) is 10.7. The van der Waals surface area contributed by atoms with Crippen LogP contribution in [0.5, 0.6) is 5.75 Å². The van der Waals surface area contributed by atoms with Crippen molar-refractivity contribution in [3.63, 3.8) is 0 Å². The Hall–Kier alpha value is -2.46. The molecular formula is C13H11N5O3S2. The van der Waals surface area contributed by atoms with Gasteiger partial charge < -0.3 is 14.9 Å². The third kappa shape index (κ3) is 3.85. The average Bonchev–Trinajstić information content (AvgIpc) is 3.14. The van der Waals surface area contributed by atoms with Crippen LogP contribution in [-0.4, -0.2) is 31.4 Å². The zero-order chi connectivity index (χ0) is 16.2. The monoisotopic (exact) mass is 349 g/mol. The second-order valence-corrected chi connectivity index (χ2v) is 6.58. The summed E-state index contributed by atoms with van der Waals surface area (Å²) in [5.41, 5.74) is 0.486. The van der Waals surface area contributed by atoms with Crippen LogP contribution in [0, 0.1) is 0 Å². The lowest BCUT2D eigenvalue weighted by atomic mass is 10.2. The van der Waals surface area contributed by atoms with Gasteiger partial charge in [0.05, 0.1) is 11.3 Å². The molecule has 0 spiro atoms. The van der Waals surface area contributed by atoms with E-state index in [4.69, 9.17) is 4.52 Å². The Morgan fingerprint density at radius 3 is 3.00 bits per heavy atom. The third-order valence-electron chi connectivity index (χ3n) is 2.62. The largest absolute Gasteiger partial charge is 0.507 e. The summed E-state index contributed by atoms with van der Waals surface area (Å²) in [6, 6.07) is 6.75. The molecule has 0 saturated carbocycles. The molecule has 0 aliphatic heterocycles. The van der Waals surface area contributed by atoms with Crippen molar-refractivity contribution >= 4 is 34.1 Å². The molecule has 2 heterocycles. The first-order chi connectivity index (χ1) is 11.1. The summed E-state index contributed by atoms with van der Waals surface area (Å²) in [4.78, 5) is 15.2. The summed E-state index contributed by atoms with van der Waals surface area (Å²) in [5, 5.41) is 24.5. The van der Waals surface area contributed by atoms with Crippen molar-refractivity contribution in [1.82, 2.24) is 20.3 Å². The van der Waals surface area contributed by atoms with Gasteiger partial charge in [-0.3, -0.25) is 4.79 Å². The Bertz CT molecular complexity index is 832. The summed E-state index contributed by atoms with van der Waals surface area (Å²) >= 11 is 2.65. The number of phenols is 1. The molecule has 3 rings (SSSR count). The highest BCUT2D eigenvalue weighted by Gasteiger charge is 2.13. The number of benzene rings is 1. The number of anilines is 1. The van der Waals surface area contributed by atoms with Crippen LogP contribution in [0.25, 0.3) is 11.5 Å². The highest BCUT2D eigenvalue weighted by molar-refractivity contribution is 8.00. The van der Waals surface area contributed by atoms with E-state index in [0.717, 1.165) is 0 Å². The fourth-order valence-electron chi connectivity index (χ4n) is 1.67. The number of carbonyl (C=O) groups excluding carboxylic acids is 1. The highest BCUT2D eigenvalue weighted by atomic mass is 32.2. The fraction of sp³-hybridized carbons (Fsp3) is 0.154. The standard InChI is InChI=1S/C13H11N5O3S2/c1-7(19)14-12-16-17-13(23-12)22-6-10-15-11(21-18-10)8-4-2-3-5-9(8)20/h2-5,20H,6H2,1H3,(H,14,16,19). The number of phenolic OH excluding ortho intramolecular Hbond substituents is 1. The number of nitrogens with zero attached hydrogens (tertiary/aromatic N) is 4. The van der Waals surface area contributed by atoms with Crippen molar-refractivity contribution in [2.45, 2.75) is 17.0 Å². The summed E-state index contributed by atoms with van der Waals surface area (Å²) in [7, 11) is 0. The molecule has 0 radical (unpaired) electrons. The van der Waals surface area contributed by atoms with Crippen LogP contribution in [0.15, 0.2) is 33.1 Å². The molecule has 2 N–H and O–H groups in total. The van der Waals surface area contributed by atoms with Crippen LogP contribution < -0.4 is 5.32 Å². The predicted molar refractivity (Wildman–Crippen MR) is 85.2 cm³/mol. The van der Waals surface area contributed by atoms with Crippen LogP contribution in [0.2, 0.25) is 0 Å². The Morgan fingerprint density at radius 1 is 1.39 bits per heavy atom. The number of aromatic hydroxyl groups is 1. The Balaban J connectivity index is 1.64. The molecule has 0 aliphatic carbocycles. The molecule has 0 unspecified atom stereocenters. The van der Waals surface area contributed by atoms with E-state index >= 15 is 0 Å². The van der Waals surface area contributed by atoms with E-state index in [1.54, 1.807) is 24.3 Å². The molecule has 2 aromatic heterocycles. The minimum atomic E-state index is -0.192. The number of thioether (sulfide) groups is 1. The fourth-order valence-corrected chi connectivity index (χ4v) is 3.31. The molecule has 10 heteroatoms. The molecule has 8 nitrogen and oxygen atoms in total. The Labute approximate surface area is 139 Å². The summed E-state index contributed by atoms with van der Waals surface area (Å²) in [6.45, 7) is 1.41. The zero-order valence-electron chi connectivity index (χ0n) is 11.9. The van der Waals surface area contributed by atoms with E-state index < -0.39 is 0 Å². The van der Waals surface area contributed by atoms with Crippen molar-refractivity contribution in [3.8, 4) is 17.2 Å². The quantitative estimate of drug-likeness (QED) is 0.533. The molecule has 1 amide bonds. The second kappa shape index (κ2) is 6.75. The van der Waals surface area contributed by atoms with Crippen LogP contribution >= 0.6 is 23.1 Å². The van der Waals surface area contributed by atoms with Gasteiger partial charge in [0.1, 0.15) is 5.75 Å². The summed E-state index contributed by atoms with van der Waals surface area (Å²) in [6.07, 6.45) is 0. The van der Waals surface area contributed by atoms with Gasteiger partial charge in [-0.05, 0) is 12.1 Å². The molecule has 0 saturated heterocycles. The minimum Gasteiger partial charge on any atom is -0.507 e. The predicted octanol–water partition coefficient (Wildman–Crippen LogP) is 2.54. The van der Waals surface area contributed by atoms with Crippen molar-refractivity contribution in [2.75, 3.05) is 5.32 Å².